The second kappa shape index (κ2) is 5.54. The monoisotopic (exact) mass is 205 g/mol. The molecule has 0 bridgehead atoms. The lowest BCUT2D eigenvalue weighted by Crippen LogP contribution is -2.22. The van der Waals surface area contributed by atoms with Crippen LogP contribution in [0.1, 0.15) is 20.3 Å². The third-order valence-corrected chi connectivity index (χ3v) is 3.28. The third kappa shape index (κ3) is 4.07. The first-order valence-corrected chi connectivity index (χ1v) is 5.18. The van der Waals surface area contributed by atoms with E-state index in [2.05, 4.69) is 0 Å². The van der Waals surface area contributed by atoms with E-state index in [0.717, 1.165) is 4.32 Å². The van der Waals surface area contributed by atoms with Crippen molar-refractivity contribution in [3.63, 3.8) is 0 Å². The molecule has 1 unspecified atom stereocenters. The van der Waals surface area contributed by atoms with Gasteiger partial charge in [-0.2, -0.15) is 0 Å². The average Bonchev–Trinajstić information content (AvgIpc) is 2.02. The maximum Gasteiger partial charge on any atom is 0.145 e. The number of carbonyl (C=O) groups excluding carboxylic acids is 1. The zero-order valence-corrected chi connectivity index (χ0v) is 9.59. The normalized spacial score (nSPS) is 12.3. The summed E-state index contributed by atoms with van der Waals surface area (Å²) in [4.78, 5) is 13.0. The Kier molecular flexibility index (Phi) is 5.50. The van der Waals surface area contributed by atoms with Gasteiger partial charge in [0.1, 0.15) is 10.1 Å². The highest BCUT2D eigenvalue weighted by molar-refractivity contribution is 8.23. The predicted molar refractivity (Wildman–Crippen MR) is 58.6 cm³/mol. The molecule has 0 heterocycles. The summed E-state index contributed by atoms with van der Waals surface area (Å²) in [6, 6.07) is 0. The Bertz CT molecular complexity index is 180. The maximum atomic E-state index is 11.2. The van der Waals surface area contributed by atoms with Crippen molar-refractivity contribution in [1.82, 2.24) is 4.90 Å². The number of ketones is 1. The molecule has 0 aliphatic rings. The molecule has 0 aromatic carbocycles. The van der Waals surface area contributed by atoms with Crippen LogP contribution in [0.2, 0.25) is 0 Å². The van der Waals surface area contributed by atoms with Crippen LogP contribution >= 0.6 is 24.0 Å². The van der Waals surface area contributed by atoms with Gasteiger partial charge >= 0.3 is 0 Å². The predicted octanol–water partition coefficient (Wildman–Crippen LogP) is 1.93. The molecule has 0 saturated carbocycles. The van der Waals surface area contributed by atoms with Gasteiger partial charge in [0.15, 0.2) is 0 Å². The van der Waals surface area contributed by atoms with Crippen LogP contribution in [0.3, 0.4) is 0 Å². The summed E-state index contributed by atoms with van der Waals surface area (Å²) in [6.45, 7) is 3.77. The van der Waals surface area contributed by atoms with E-state index in [9.17, 15) is 4.79 Å². The molecule has 0 radical (unpaired) electrons. The number of nitrogens with zero attached hydrogens (tertiary/aromatic N) is 1. The summed E-state index contributed by atoms with van der Waals surface area (Å²) in [5.41, 5.74) is 0. The standard InChI is InChI=1S/C8H15NOS2/c1-5-7(10)6(2)12-8(11)9(3)4/h6H,5H2,1-4H3. The molecule has 12 heavy (non-hydrogen) atoms. The Morgan fingerprint density at radius 3 is 2.42 bits per heavy atom. The molecule has 0 aromatic heterocycles. The fourth-order valence-corrected chi connectivity index (χ4v) is 1.85. The van der Waals surface area contributed by atoms with E-state index in [1.54, 1.807) is 0 Å². The Balaban J connectivity index is 3.92. The Morgan fingerprint density at radius 1 is 1.58 bits per heavy atom. The van der Waals surface area contributed by atoms with Gasteiger partial charge in [0.2, 0.25) is 0 Å². The fraction of sp³-hybridized carbons (Fsp3) is 0.750. The quantitative estimate of drug-likeness (QED) is 0.656. The molecule has 0 aliphatic heterocycles. The van der Waals surface area contributed by atoms with Crippen molar-refractivity contribution < 1.29 is 4.79 Å². The number of hydrogen-bond donors (Lipinski definition) is 0. The van der Waals surface area contributed by atoms with E-state index in [1.807, 2.05) is 32.8 Å². The first kappa shape index (κ1) is 11.9. The van der Waals surface area contributed by atoms with Gasteiger partial charge < -0.3 is 4.90 Å². The number of rotatable bonds is 3. The molecular formula is C8H15NOS2. The summed E-state index contributed by atoms with van der Waals surface area (Å²) in [7, 11) is 3.77. The van der Waals surface area contributed by atoms with Gasteiger partial charge in [-0.25, -0.2) is 0 Å². The second-order valence-corrected chi connectivity index (χ2v) is 4.71. The molecule has 0 amide bonds. The zero-order valence-electron chi connectivity index (χ0n) is 7.96. The SMILES string of the molecule is CCC(=O)C(C)SC(=S)N(C)C. The molecule has 0 aromatic rings. The Hall–Kier alpha value is -0.0900. The van der Waals surface area contributed by atoms with Gasteiger partial charge in [0.05, 0.1) is 5.25 Å². The first-order chi connectivity index (χ1) is 5.49. The molecular weight excluding hydrogens is 190 g/mol. The van der Waals surface area contributed by atoms with Crippen LogP contribution in [0.15, 0.2) is 0 Å². The molecule has 0 spiro atoms. The number of thiocarbonyl (C=S) groups is 1. The van der Waals surface area contributed by atoms with Gasteiger partial charge in [-0.05, 0) is 6.92 Å². The minimum Gasteiger partial charge on any atom is -0.364 e. The molecule has 0 saturated heterocycles. The molecule has 1 atom stereocenters. The molecule has 0 aliphatic carbocycles. The minimum atomic E-state index is -0.00935. The van der Waals surface area contributed by atoms with Crippen molar-refractivity contribution in [2.75, 3.05) is 14.1 Å². The summed E-state index contributed by atoms with van der Waals surface area (Å²) in [6.07, 6.45) is 0.588. The van der Waals surface area contributed by atoms with Crippen molar-refractivity contribution in [2.45, 2.75) is 25.5 Å². The van der Waals surface area contributed by atoms with E-state index >= 15 is 0 Å². The van der Waals surface area contributed by atoms with Gasteiger partial charge in [0, 0.05) is 20.5 Å². The third-order valence-electron chi connectivity index (χ3n) is 1.44. The smallest absolute Gasteiger partial charge is 0.145 e. The van der Waals surface area contributed by atoms with E-state index in [-0.39, 0.29) is 11.0 Å². The lowest BCUT2D eigenvalue weighted by molar-refractivity contribution is -0.117. The maximum absolute atomic E-state index is 11.2. The summed E-state index contributed by atoms with van der Waals surface area (Å²) in [5, 5.41) is -0.00935. The van der Waals surface area contributed by atoms with Crippen LogP contribution in [0.4, 0.5) is 0 Å². The lowest BCUT2D eigenvalue weighted by atomic mass is 10.2. The van der Waals surface area contributed by atoms with E-state index in [1.165, 1.54) is 11.8 Å². The fourth-order valence-electron chi connectivity index (χ4n) is 0.610. The highest BCUT2D eigenvalue weighted by atomic mass is 32.2. The number of carbonyl (C=O) groups is 1. The van der Waals surface area contributed by atoms with Crippen molar-refractivity contribution in [3.8, 4) is 0 Å². The molecule has 2 nitrogen and oxygen atoms in total. The van der Waals surface area contributed by atoms with Crippen molar-refractivity contribution >= 4 is 34.1 Å². The Morgan fingerprint density at radius 2 is 2.08 bits per heavy atom. The average molecular weight is 205 g/mol. The topological polar surface area (TPSA) is 20.3 Å². The number of hydrogen-bond acceptors (Lipinski definition) is 3. The van der Waals surface area contributed by atoms with Crippen LogP contribution in [0.5, 0.6) is 0 Å². The van der Waals surface area contributed by atoms with E-state index in [0.29, 0.717) is 6.42 Å². The number of Topliss-reactive ketones (excluding diaryl/α,β-unsaturated/α-hetero) is 1. The molecule has 70 valence electrons. The number of thioether (sulfide) groups is 1. The zero-order chi connectivity index (χ0) is 9.72. The lowest BCUT2D eigenvalue weighted by Gasteiger charge is -2.15. The van der Waals surface area contributed by atoms with Crippen LogP contribution in [-0.2, 0) is 4.79 Å². The van der Waals surface area contributed by atoms with Crippen LogP contribution in [0.25, 0.3) is 0 Å². The summed E-state index contributed by atoms with van der Waals surface area (Å²) in [5.74, 6) is 0.254. The van der Waals surface area contributed by atoms with Gasteiger partial charge in [0.25, 0.3) is 0 Å². The first-order valence-electron chi connectivity index (χ1n) is 3.89. The minimum absolute atomic E-state index is 0.00935. The van der Waals surface area contributed by atoms with E-state index in [4.69, 9.17) is 12.2 Å². The second-order valence-electron chi connectivity index (χ2n) is 2.74. The van der Waals surface area contributed by atoms with Crippen LogP contribution < -0.4 is 0 Å². The van der Waals surface area contributed by atoms with Gasteiger partial charge in [-0.15, -0.1) is 0 Å². The highest BCUT2D eigenvalue weighted by Crippen LogP contribution is 2.16. The molecule has 0 fully saturated rings. The Labute approximate surface area is 83.7 Å². The summed E-state index contributed by atoms with van der Waals surface area (Å²) >= 11 is 6.51. The molecule has 0 rings (SSSR count). The molecule has 0 N–H and O–H groups in total. The van der Waals surface area contributed by atoms with Crippen molar-refractivity contribution in [2.24, 2.45) is 0 Å². The van der Waals surface area contributed by atoms with Crippen LogP contribution in [0, 0.1) is 0 Å². The summed E-state index contributed by atoms with van der Waals surface area (Å²) < 4.78 is 0.768. The van der Waals surface area contributed by atoms with Crippen molar-refractivity contribution in [3.05, 3.63) is 0 Å². The molecule has 4 heteroatoms. The van der Waals surface area contributed by atoms with Gasteiger partial charge in [-0.3, -0.25) is 4.79 Å². The van der Waals surface area contributed by atoms with E-state index < -0.39 is 0 Å². The van der Waals surface area contributed by atoms with Crippen LogP contribution in [-0.4, -0.2) is 34.3 Å². The largest absolute Gasteiger partial charge is 0.364 e. The highest BCUT2D eigenvalue weighted by Gasteiger charge is 2.14. The van der Waals surface area contributed by atoms with Gasteiger partial charge in [-0.1, -0.05) is 30.9 Å². The van der Waals surface area contributed by atoms with Crippen molar-refractivity contribution in [1.29, 1.82) is 0 Å².